The molecule has 0 N–H and O–H groups in total. The van der Waals surface area contributed by atoms with E-state index in [1.54, 1.807) is 6.07 Å². The Morgan fingerprint density at radius 3 is 2.23 bits per heavy atom. The molecule has 31 heavy (non-hydrogen) atoms. The van der Waals surface area contributed by atoms with Crippen LogP contribution in [-0.2, 0) is 13.0 Å². The number of likely N-dealkylation sites (N-methyl/N-ethyl adjacent to an activating group) is 1. The molecule has 0 fully saturated rings. The number of nitrogens with zero attached hydrogens (tertiary/aromatic N) is 2. The maximum Gasteiger partial charge on any atom is 0.341 e. The van der Waals surface area contributed by atoms with E-state index in [4.69, 9.17) is 13.9 Å². The van der Waals surface area contributed by atoms with Crippen LogP contribution in [0.2, 0.25) is 0 Å². The van der Waals surface area contributed by atoms with Crippen LogP contribution in [0.15, 0.2) is 21.3 Å². The minimum Gasteiger partial charge on any atom is -0.490 e. The van der Waals surface area contributed by atoms with Crippen molar-refractivity contribution in [1.82, 2.24) is 9.80 Å². The topological polar surface area (TPSA) is 55.2 Å². The van der Waals surface area contributed by atoms with Crippen LogP contribution in [-0.4, -0.2) is 55.2 Å². The van der Waals surface area contributed by atoms with Crippen LogP contribution in [0, 0.1) is 0 Å². The van der Waals surface area contributed by atoms with Crippen LogP contribution in [0.25, 0.3) is 11.0 Å². The number of benzene rings is 1. The second-order valence-electron chi connectivity index (χ2n) is 7.56. The SMILES string of the molecule is CCOc1cc2oc(=O)c3c(c2cc1OCC)CCN(CC(C)N(CC)CC)C3.Cl.Cl. The average molecular weight is 475 g/mol. The molecule has 1 aromatic carbocycles. The zero-order valence-corrected chi connectivity index (χ0v) is 20.9. The van der Waals surface area contributed by atoms with Gasteiger partial charge in [-0.15, -0.1) is 24.8 Å². The molecule has 0 bridgehead atoms. The van der Waals surface area contributed by atoms with Gasteiger partial charge in [-0.1, -0.05) is 13.8 Å². The minimum absolute atomic E-state index is 0. The summed E-state index contributed by atoms with van der Waals surface area (Å²) < 4.78 is 17.2. The van der Waals surface area contributed by atoms with Crippen LogP contribution < -0.4 is 15.1 Å². The number of halogens is 2. The van der Waals surface area contributed by atoms with Crippen molar-refractivity contribution in [2.45, 2.75) is 53.6 Å². The van der Waals surface area contributed by atoms with Gasteiger partial charge >= 0.3 is 5.63 Å². The Hall–Kier alpha value is -1.47. The first-order valence-electron chi connectivity index (χ1n) is 10.9. The van der Waals surface area contributed by atoms with Gasteiger partial charge in [0, 0.05) is 37.1 Å². The lowest BCUT2D eigenvalue weighted by Crippen LogP contribution is -2.44. The van der Waals surface area contributed by atoms with Gasteiger partial charge in [-0.3, -0.25) is 9.80 Å². The van der Waals surface area contributed by atoms with Gasteiger partial charge in [-0.2, -0.15) is 0 Å². The van der Waals surface area contributed by atoms with E-state index in [1.165, 1.54) is 0 Å². The lowest BCUT2D eigenvalue weighted by molar-refractivity contribution is 0.149. The number of hydrogen-bond donors (Lipinski definition) is 0. The van der Waals surface area contributed by atoms with Gasteiger partial charge in [0.25, 0.3) is 0 Å². The summed E-state index contributed by atoms with van der Waals surface area (Å²) in [6, 6.07) is 4.22. The number of ether oxygens (including phenoxy) is 2. The van der Waals surface area contributed by atoms with Crippen molar-refractivity contribution in [3.05, 3.63) is 33.7 Å². The molecule has 2 heterocycles. The van der Waals surface area contributed by atoms with Gasteiger partial charge in [0.15, 0.2) is 11.5 Å². The molecule has 8 heteroatoms. The van der Waals surface area contributed by atoms with Crippen molar-refractivity contribution in [3.63, 3.8) is 0 Å². The predicted molar refractivity (Wildman–Crippen MR) is 131 cm³/mol. The Labute approximate surface area is 197 Å². The first-order valence-corrected chi connectivity index (χ1v) is 10.9. The Balaban J connectivity index is 0.00000240. The third kappa shape index (κ3) is 6.07. The molecule has 0 spiro atoms. The lowest BCUT2D eigenvalue weighted by atomic mass is 9.97. The normalized spacial score (nSPS) is 14.5. The van der Waals surface area contributed by atoms with E-state index in [2.05, 4.69) is 30.6 Å². The smallest absolute Gasteiger partial charge is 0.341 e. The van der Waals surface area contributed by atoms with Gasteiger partial charge in [-0.25, -0.2) is 4.79 Å². The van der Waals surface area contributed by atoms with Crippen molar-refractivity contribution in [2.24, 2.45) is 0 Å². The average Bonchev–Trinajstić information content (AvgIpc) is 2.70. The molecule has 1 atom stereocenters. The maximum absolute atomic E-state index is 12.8. The molecular weight excluding hydrogens is 439 g/mol. The fraction of sp³-hybridized carbons (Fsp3) is 0.609. The number of hydrogen-bond acceptors (Lipinski definition) is 6. The van der Waals surface area contributed by atoms with Crippen molar-refractivity contribution in [3.8, 4) is 11.5 Å². The fourth-order valence-electron chi connectivity index (χ4n) is 4.36. The van der Waals surface area contributed by atoms with E-state index in [0.29, 0.717) is 42.9 Å². The van der Waals surface area contributed by atoms with E-state index in [1.807, 2.05) is 19.9 Å². The number of fused-ring (bicyclic) bond motifs is 3. The monoisotopic (exact) mass is 474 g/mol. The molecule has 3 rings (SSSR count). The molecule has 0 amide bonds. The Bertz CT molecular complexity index is 899. The molecule has 1 aliphatic heterocycles. The molecule has 0 radical (unpaired) electrons. The minimum atomic E-state index is -0.237. The van der Waals surface area contributed by atoms with Gasteiger partial charge < -0.3 is 13.9 Å². The molecule has 0 aliphatic carbocycles. The van der Waals surface area contributed by atoms with E-state index in [-0.39, 0.29) is 30.4 Å². The molecule has 1 aliphatic rings. The van der Waals surface area contributed by atoms with E-state index in [9.17, 15) is 4.79 Å². The summed E-state index contributed by atoms with van der Waals surface area (Å²) in [6.45, 7) is 16.2. The molecule has 2 aromatic rings. The Morgan fingerprint density at radius 1 is 1.03 bits per heavy atom. The summed E-state index contributed by atoms with van der Waals surface area (Å²) in [5.74, 6) is 1.32. The van der Waals surface area contributed by atoms with E-state index < -0.39 is 0 Å². The van der Waals surface area contributed by atoms with Crippen molar-refractivity contribution < 1.29 is 13.9 Å². The summed E-state index contributed by atoms with van der Waals surface area (Å²) in [4.78, 5) is 17.6. The molecule has 6 nitrogen and oxygen atoms in total. The summed E-state index contributed by atoms with van der Waals surface area (Å²) in [5, 5.41) is 0.961. The van der Waals surface area contributed by atoms with E-state index in [0.717, 1.165) is 49.1 Å². The lowest BCUT2D eigenvalue weighted by Gasteiger charge is -2.34. The summed E-state index contributed by atoms with van der Waals surface area (Å²) >= 11 is 0. The number of rotatable bonds is 9. The molecule has 1 unspecified atom stereocenters. The van der Waals surface area contributed by atoms with Crippen LogP contribution in [0.4, 0.5) is 0 Å². The first kappa shape index (κ1) is 27.6. The van der Waals surface area contributed by atoms with Gasteiger partial charge in [0.05, 0.1) is 18.8 Å². The Kier molecular flexibility index (Phi) is 11.1. The van der Waals surface area contributed by atoms with Crippen LogP contribution in [0.5, 0.6) is 11.5 Å². The third-order valence-electron chi connectivity index (χ3n) is 5.80. The highest BCUT2D eigenvalue weighted by Crippen LogP contribution is 2.35. The van der Waals surface area contributed by atoms with Crippen molar-refractivity contribution >= 4 is 35.8 Å². The zero-order valence-electron chi connectivity index (χ0n) is 19.2. The standard InChI is InChI=1S/C23H34N2O4.2ClH/c1-6-25(7-2)16(5)14-24-11-10-17-18-12-21(27-8-3)22(28-9-4)13-20(18)29-23(26)19(17)15-24;;/h12-13,16H,6-11,14-15H2,1-5H3;2*1H. The fourth-order valence-corrected chi connectivity index (χ4v) is 4.36. The highest BCUT2D eigenvalue weighted by atomic mass is 35.5. The first-order chi connectivity index (χ1) is 14.0. The van der Waals surface area contributed by atoms with Gasteiger partial charge in [0.1, 0.15) is 5.58 Å². The van der Waals surface area contributed by atoms with Gasteiger partial charge in [-0.05, 0) is 51.9 Å². The van der Waals surface area contributed by atoms with E-state index >= 15 is 0 Å². The molecule has 1 aromatic heterocycles. The summed E-state index contributed by atoms with van der Waals surface area (Å²) in [6.07, 6.45) is 0.835. The van der Waals surface area contributed by atoms with Gasteiger partial charge in [0.2, 0.25) is 0 Å². The molecule has 0 saturated heterocycles. The molecule has 0 saturated carbocycles. The van der Waals surface area contributed by atoms with Crippen LogP contribution >= 0.6 is 24.8 Å². The highest BCUT2D eigenvalue weighted by molar-refractivity contribution is 5.86. The quantitative estimate of drug-likeness (QED) is 0.497. The summed E-state index contributed by atoms with van der Waals surface area (Å²) in [7, 11) is 0. The second-order valence-corrected chi connectivity index (χ2v) is 7.56. The van der Waals surface area contributed by atoms with Crippen LogP contribution in [0.1, 0.15) is 45.7 Å². The maximum atomic E-state index is 12.8. The Morgan fingerprint density at radius 2 is 1.65 bits per heavy atom. The van der Waals surface area contributed by atoms with Crippen molar-refractivity contribution in [1.29, 1.82) is 0 Å². The van der Waals surface area contributed by atoms with Crippen molar-refractivity contribution in [2.75, 3.05) is 39.4 Å². The predicted octanol–water partition coefficient (Wildman–Crippen LogP) is 4.52. The summed E-state index contributed by atoms with van der Waals surface area (Å²) in [5.41, 5.74) is 2.21. The largest absolute Gasteiger partial charge is 0.490 e. The highest BCUT2D eigenvalue weighted by Gasteiger charge is 2.25. The second kappa shape index (κ2) is 12.5. The third-order valence-corrected chi connectivity index (χ3v) is 5.80. The van der Waals surface area contributed by atoms with Crippen LogP contribution in [0.3, 0.4) is 0 Å². The molecule has 176 valence electrons. The molecular formula is C23H36Cl2N2O4. The zero-order chi connectivity index (χ0) is 21.0.